The summed E-state index contributed by atoms with van der Waals surface area (Å²) in [5, 5.41) is 17.4. The Balaban J connectivity index is 0. The Bertz CT molecular complexity index is 703. The van der Waals surface area contributed by atoms with Crippen molar-refractivity contribution < 1.29 is 57.9 Å². The van der Waals surface area contributed by atoms with E-state index < -0.39 is 11.9 Å². The molecule has 14 heteroatoms. The van der Waals surface area contributed by atoms with Gasteiger partial charge in [-0.3, -0.25) is 38.6 Å². The number of hydrogen-bond acceptors (Lipinski definition) is 14. The monoisotopic (exact) mass is 550 g/mol. The maximum Gasteiger partial charge on any atom is 0.307 e. The van der Waals surface area contributed by atoms with Crippen LogP contribution in [-0.4, -0.2) is 134 Å². The Morgan fingerprint density at radius 3 is 1.16 bits per heavy atom. The smallest absolute Gasteiger partial charge is 0.307 e. The number of ether oxygens (including phenoxy) is 4. The molecule has 0 saturated carbocycles. The van der Waals surface area contributed by atoms with Crippen LogP contribution in [0.2, 0.25) is 0 Å². The van der Waals surface area contributed by atoms with Crippen molar-refractivity contribution in [3.8, 4) is 0 Å². The van der Waals surface area contributed by atoms with Gasteiger partial charge in [0, 0.05) is 53.1 Å². The van der Waals surface area contributed by atoms with Gasteiger partial charge >= 0.3 is 23.9 Å². The van der Waals surface area contributed by atoms with Crippen molar-refractivity contribution in [1.29, 1.82) is 0 Å². The van der Waals surface area contributed by atoms with Crippen LogP contribution in [0.15, 0.2) is 0 Å². The van der Waals surface area contributed by atoms with Gasteiger partial charge in [0.25, 0.3) is 0 Å². The molecule has 0 radical (unpaired) electrons. The Hall–Kier alpha value is -2.94. The van der Waals surface area contributed by atoms with Crippen molar-refractivity contribution in [2.75, 3.05) is 78.9 Å². The van der Waals surface area contributed by atoms with Gasteiger partial charge in [0.2, 0.25) is 0 Å². The highest BCUT2D eigenvalue weighted by atomic mass is 16.5. The molecule has 0 aromatic rings. The Morgan fingerprint density at radius 2 is 0.868 bits per heavy atom. The van der Waals surface area contributed by atoms with Crippen molar-refractivity contribution >= 4 is 35.4 Å². The van der Waals surface area contributed by atoms with E-state index in [4.69, 9.17) is 24.4 Å². The Labute approximate surface area is 223 Å². The fourth-order valence-electron chi connectivity index (χ4n) is 2.60. The third kappa shape index (κ3) is 27.6. The van der Waals surface area contributed by atoms with Gasteiger partial charge in [-0.2, -0.15) is 0 Å². The lowest BCUT2D eigenvalue weighted by Gasteiger charge is -2.21. The summed E-state index contributed by atoms with van der Waals surface area (Å²) in [7, 11) is 0. The van der Waals surface area contributed by atoms with Gasteiger partial charge in [-0.25, -0.2) is 0 Å². The number of carbonyl (C=O) groups excluding carboxylic acids is 6. The number of rotatable bonds is 20. The summed E-state index contributed by atoms with van der Waals surface area (Å²) in [6, 6.07) is 0. The summed E-state index contributed by atoms with van der Waals surface area (Å²) in [5.74, 6) is -2.14. The standard InChI is InChI=1S/C14H23NO7.C10H19NO5/c1-11(16)10-22-14(19)4-5-15(6-8-20-12(2)17)7-9-21-13(3)18;1-9(14)8-16-10(15)2-3-11(4-6-12)5-7-13/h4-10H2,1-3H3;12-13H,2-8H2,1H3. The van der Waals surface area contributed by atoms with Gasteiger partial charge in [-0.1, -0.05) is 0 Å². The van der Waals surface area contributed by atoms with Crippen LogP contribution in [0.3, 0.4) is 0 Å². The number of aliphatic hydroxyl groups is 2. The lowest BCUT2D eigenvalue weighted by molar-refractivity contribution is -0.148. The number of nitrogens with zero attached hydrogens (tertiary/aromatic N) is 2. The van der Waals surface area contributed by atoms with E-state index in [-0.39, 0.29) is 76.0 Å². The first-order valence-electron chi connectivity index (χ1n) is 12.1. The maximum absolute atomic E-state index is 11.4. The number of Topliss-reactive ketones (excluding diaryl/α,β-unsaturated/α-hetero) is 2. The molecular formula is C24H42N2O12. The minimum Gasteiger partial charge on any atom is -0.465 e. The fourth-order valence-corrected chi connectivity index (χ4v) is 2.60. The van der Waals surface area contributed by atoms with E-state index in [0.717, 1.165) is 0 Å². The Kier molecular flexibility index (Phi) is 23.9. The molecule has 0 rings (SSSR count). The zero-order valence-corrected chi connectivity index (χ0v) is 22.8. The van der Waals surface area contributed by atoms with Gasteiger partial charge in [0.15, 0.2) is 11.6 Å². The SMILES string of the molecule is CC(=O)COC(=O)CCN(CCO)CCO.CC(=O)COC(=O)CCN(CCOC(C)=O)CCOC(C)=O. The van der Waals surface area contributed by atoms with Crippen molar-refractivity contribution in [2.45, 2.75) is 40.5 Å². The summed E-state index contributed by atoms with van der Waals surface area (Å²) in [5.41, 5.74) is 0. The highest BCUT2D eigenvalue weighted by Crippen LogP contribution is 1.97. The zero-order chi connectivity index (χ0) is 29.3. The predicted molar refractivity (Wildman–Crippen MR) is 133 cm³/mol. The highest BCUT2D eigenvalue weighted by molar-refractivity contribution is 5.80. The normalized spacial score (nSPS) is 10.3. The molecule has 0 aromatic heterocycles. The van der Waals surface area contributed by atoms with E-state index in [1.54, 1.807) is 9.80 Å². The van der Waals surface area contributed by atoms with Gasteiger partial charge in [0.05, 0.1) is 26.1 Å². The van der Waals surface area contributed by atoms with E-state index in [1.807, 2.05) is 0 Å². The van der Waals surface area contributed by atoms with Gasteiger partial charge < -0.3 is 29.2 Å². The van der Waals surface area contributed by atoms with Gasteiger partial charge in [0.1, 0.15) is 26.4 Å². The molecule has 0 unspecified atom stereocenters. The molecule has 14 nitrogen and oxygen atoms in total. The Morgan fingerprint density at radius 1 is 0.526 bits per heavy atom. The molecule has 2 N–H and O–H groups in total. The van der Waals surface area contributed by atoms with Gasteiger partial charge in [-0.15, -0.1) is 0 Å². The molecule has 0 spiro atoms. The second-order valence-corrected chi connectivity index (χ2v) is 8.04. The summed E-state index contributed by atoms with van der Waals surface area (Å²) in [6.07, 6.45) is 0.237. The quantitative estimate of drug-likeness (QED) is 0.135. The van der Waals surface area contributed by atoms with Crippen LogP contribution in [0.1, 0.15) is 40.5 Å². The average Bonchev–Trinajstić information content (AvgIpc) is 2.83. The molecule has 0 aromatic carbocycles. The number of aliphatic hydroxyl groups excluding tert-OH is 2. The fraction of sp³-hybridized carbons (Fsp3) is 0.750. The van der Waals surface area contributed by atoms with Crippen molar-refractivity contribution in [3.63, 3.8) is 0 Å². The molecule has 0 atom stereocenters. The van der Waals surface area contributed by atoms with Crippen molar-refractivity contribution in [2.24, 2.45) is 0 Å². The first-order valence-corrected chi connectivity index (χ1v) is 12.1. The molecule has 0 aliphatic carbocycles. The number of ketones is 2. The number of hydrogen-bond donors (Lipinski definition) is 2. The topological polar surface area (TPSA) is 186 Å². The number of carbonyl (C=O) groups is 6. The zero-order valence-electron chi connectivity index (χ0n) is 22.8. The van der Waals surface area contributed by atoms with Crippen LogP contribution in [-0.2, 0) is 47.7 Å². The van der Waals surface area contributed by atoms with Crippen molar-refractivity contribution in [1.82, 2.24) is 9.80 Å². The molecule has 220 valence electrons. The summed E-state index contributed by atoms with van der Waals surface area (Å²) >= 11 is 0. The van der Waals surface area contributed by atoms with E-state index in [2.05, 4.69) is 4.74 Å². The summed E-state index contributed by atoms with van der Waals surface area (Å²) < 4.78 is 19.1. The molecular weight excluding hydrogens is 508 g/mol. The third-order valence-corrected chi connectivity index (χ3v) is 4.40. The molecule has 0 bridgehead atoms. The molecule has 0 saturated heterocycles. The first-order chi connectivity index (χ1) is 17.9. The van der Waals surface area contributed by atoms with Crippen LogP contribution < -0.4 is 0 Å². The molecule has 0 aliphatic rings. The lowest BCUT2D eigenvalue weighted by Crippen LogP contribution is -2.34. The molecule has 0 fully saturated rings. The maximum atomic E-state index is 11.4. The molecule has 0 amide bonds. The van der Waals surface area contributed by atoms with Crippen LogP contribution in [0, 0.1) is 0 Å². The number of esters is 4. The molecule has 0 heterocycles. The highest BCUT2D eigenvalue weighted by Gasteiger charge is 2.12. The predicted octanol–water partition coefficient (Wildman–Crippen LogP) is -1.27. The molecule has 0 aliphatic heterocycles. The van der Waals surface area contributed by atoms with Crippen molar-refractivity contribution in [3.05, 3.63) is 0 Å². The van der Waals surface area contributed by atoms with E-state index in [0.29, 0.717) is 39.3 Å². The summed E-state index contributed by atoms with van der Waals surface area (Å²) in [4.78, 5) is 68.8. The van der Waals surface area contributed by atoms with E-state index >= 15 is 0 Å². The largest absolute Gasteiger partial charge is 0.465 e. The van der Waals surface area contributed by atoms with Crippen LogP contribution in [0.4, 0.5) is 0 Å². The third-order valence-electron chi connectivity index (χ3n) is 4.40. The van der Waals surface area contributed by atoms with Gasteiger partial charge in [-0.05, 0) is 13.8 Å². The van der Waals surface area contributed by atoms with E-state index in [1.165, 1.54) is 27.7 Å². The minimum absolute atomic E-state index is 0.0253. The van der Waals surface area contributed by atoms with Crippen LogP contribution >= 0.6 is 0 Å². The van der Waals surface area contributed by atoms with Crippen LogP contribution in [0.25, 0.3) is 0 Å². The minimum atomic E-state index is -0.486. The summed E-state index contributed by atoms with van der Waals surface area (Å²) in [6.45, 7) is 7.53. The average molecular weight is 551 g/mol. The second kappa shape index (κ2) is 24.4. The van der Waals surface area contributed by atoms with Crippen LogP contribution in [0.5, 0.6) is 0 Å². The first kappa shape index (κ1) is 37.2. The lowest BCUT2D eigenvalue weighted by atomic mass is 10.3. The second-order valence-electron chi connectivity index (χ2n) is 8.04. The van der Waals surface area contributed by atoms with E-state index in [9.17, 15) is 28.8 Å². The molecule has 38 heavy (non-hydrogen) atoms.